The fourth-order valence-electron chi connectivity index (χ4n) is 2.30. The largest absolute Gasteiger partial charge is 0.486 e. The van der Waals surface area contributed by atoms with Crippen molar-refractivity contribution in [2.75, 3.05) is 10.6 Å². The summed E-state index contributed by atoms with van der Waals surface area (Å²) >= 11 is 0. The van der Waals surface area contributed by atoms with Gasteiger partial charge in [0.15, 0.2) is 5.76 Å². The quantitative estimate of drug-likeness (QED) is 0.683. The summed E-state index contributed by atoms with van der Waals surface area (Å²) in [6.07, 6.45) is 0. The van der Waals surface area contributed by atoms with Crippen molar-refractivity contribution in [3.8, 4) is 5.75 Å². The lowest BCUT2D eigenvalue weighted by Gasteiger charge is -2.06. The molecular formula is C20H17FN2O4. The second-order valence-corrected chi connectivity index (χ2v) is 5.72. The molecule has 6 nitrogen and oxygen atoms in total. The van der Waals surface area contributed by atoms with Crippen molar-refractivity contribution in [1.82, 2.24) is 0 Å². The topological polar surface area (TPSA) is 80.6 Å². The van der Waals surface area contributed by atoms with Crippen LogP contribution in [0.3, 0.4) is 0 Å². The number of carbonyl (C=O) groups is 2. The summed E-state index contributed by atoms with van der Waals surface area (Å²) in [4.78, 5) is 23.2. The van der Waals surface area contributed by atoms with E-state index in [1.807, 2.05) is 0 Å². The number of rotatable bonds is 6. The van der Waals surface area contributed by atoms with E-state index in [2.05, 4.69) is 10.6 Å². The molecule has 2 amide bonds. The Labute approximate surface area is 155 Å². The van der Waals surface area contributed by atoms with Gasteiger partial charge in [-0.1, -0.05) is 0 Å². The first-order valence-corrected chi connectivity index (χ1v) is 8.16. The van der Waals surface area contributed by atoms with Gasteiger partial charge in [-0.15, -0.1) is 0 Å². The van der Waals surface area contributed by atoms with Crippen molar-refractivity contribution >= 4 is 23.2 Å². The standard InChI is InChI=1S/C20H17FN2O4/c1-13(24)22-15-4-6-16(7-5-15)23-20(25)19-11-10-18(27-19)12-26-17-8-2-14(21)3-9-17/h2-11H,12H2,1H3,(H,22,24)(H,23,25). The normalized spacial score (nSPS) is 10.3. The molecule has 0 radical (unpaired) electrons. The molecule has 0 atom stereocenters. The SMILES string of the molecule is CC(=O)Nc1ccc(NC(=O)c2ccc(COc3ccc(F)cc3)o2)cc1. The summed E-state index contributed by atoms with van der Waals surface area (Å²) in [5.41, 5.74) is 1.20. The van der Waals surface area contributed by atoms with E-state index in [-0.39, 0.29) is 24.1 Å². The van der Waals surface area contributed by atoms with E-state index < -0.39 is 5.91 Å². The number of hydrogen-bond acceptors (Lipinski definition) is 4. The highest BCUT2D eigenvalue weighted by Crippen LogP contribution is 2.17. The number of carbonyl (C=O) groups excluding carboxylic acids is 2. The molecule has 2 N–H and O–H groups in total. The second kappa shape index (κ2) is 8.18. The minimum absolute atomic E-state index is 0.115. The lowest BCUT2D eigenvalue weighted by molar-refractivity contribution is -0.114. The average molecular weight is 368 g/mol. The summed E-state index contributed by atoms with van der Waals surface area (Å²) in [6.45, 7) is 1.54. The zero-order valence-electron chi connectivity index (χ0n) is 14.5. The molecule has 2 aromatic carbocycles. The number of halogens is 1. The van der Waals surface area contributed by atoms with Crippen molar-refractivity contribution in [3.05, 3.63) is 78.0 Å². The van der Waals surface area contributed by atoms with Gasteiger partial charge in [0.2, 0.25) is 5.91 Å². The van der Waals surface area contributed by atoms with Gasteiger partial charge in [-0.25, -0.2) is 4.39 Å². The molecule has 1 aromatic heterocycles. The van der Waals surface area contributed by atoms with Crippen molar-refractivity contribution in [3.63, 3.8) is 0 Å². The van der Waals surface area contributed by atoms with Crippen molar-refractivity contribution in [1.29, 1.82) is 0 Å². The van der Waals surface area contributed by atoms with E-state index in [1.54, 1.807) is 36.4 Å². The summed E-state index contributed by atoms with van der Waals surface area (Å²) in [5, 5.41) is 5.35. The Balaban J connectivity index is 1.56. The average Bonchev–Trinajstić information content (AvgIpc) is 3.12. The van der Waals surface area contributed by atoms with Crippen LogP contribution < -0.4 is 15.4 Å². The lowest BCUT2D eigenvalue weighted by atomic mass is 10.2. The number of benzene rings is 2. The minimum atomic E-state index is -0.407. The molecule has 0 saturated carbocycles. The van der Waals surface area contributed by atoms with Gasteiger partial charge in [-0.3, -0.25) is 9.59 Å². The first-order valence-electron chi connectivity index (χ1n) is 8.16. The van der Waals surface area contributed by atoms with Crippen LogP contribution in [0.2, 0.25) is 0 Å². The summed E-state index contributed by atoms with van der Waals surface area (Å²) in [7, 11) is 0. The number of nitrogens with one attached hydrogen (secondary N) is 2. The lowest BCUT2D eigenvalue weighted by Crippen LogP contribution is -2.11. The Kier molecular flexibility index (Phi) is 5.51. The van der Waals surface area contributed by atoms with Gasteiger partial charge in [0.1, 0.15) is 23.9 Å². The van der Waals surface area contributed by atoms with Crippen LogP contribution in [-0.4, -0.2) is 11.8 Å². The molecule has 3 rings (SSSR count). The van der Waals surface area contributed by atoms with Gasteiger partial charge in [0.05, 0.1) is 0 Å². The molecule has 0 aliphatic rings. The fraction of sp³-hybridized carbons (Fsp3) is 0.100. The third kappa shape index (κ3) is 5.18. The van der Waals surface area contributed by atoms with E-state index in [1.165, 1.54) is 31.2 Å². The molecule has 0 spiro atoms. The van der Waals surface area contributed by atoms with Gasteiger partial charge in [0.25, 0.3) is 5.91 Å². The number of anilines is 2. The predicted molar refractivity (Wildman–Crippen MR) is 98.1 cm³/mol. The van der Waals surface area contributed by atoms with Crippen LogP contribution >= 0.6 is 0 Å². The minimum Gasteiger partial charge on any atom is -0.486 e. The van der Waals surface area contributed by atoms with Gasteiger partial charge < -0.3 is 19.8 Å². The first kappa shape index (κ1) is 18.2. The zero-order valence-corrected chi connectivity index (χ0v) is 14.5. The van der Waals surface area contributed by atoms with E-state index in [0.29, 0.717) is 22.9 Å². The number of ether oxygens (including phenoxy) is 1. The maximum Gasteiger partial charge on any atom is 0.291 e. The van der Waals surface area contributed by atoms with Crippen molar-refractivity contribution < 1.29 is 23.1 Å². The molecule has 0 fully saturated rings. The van der Waals surface area contributed by atoms with Crippen LogP contribution in [0.4, 0.5) is 15.8 Å². The molecule has 1 heterocycles. The zero-order chi connectivity index (χ0) is 19.2. The number of amides is 2. The van der Waals surface area contributed by atoms with Gasteiger partial charge in [-0.05, 0) is 60.7 Å². The second-order valence-electron chi connectivity index (χ2n) is 5.72. The van der Waals surface area contributed by atoms with Crippen LogP contribution in [0.1, 0.15) is 23.2 Å². The van der Waals surface area contributed by atoms with E-state index in [9.17, 15) is 14.0 Å². The Morgan fingerprint density at radius 1 is 0.926 bits per heavy atom. The highest BCUT2D eigenvalue weighted by molar-refractivity contribution is 6.02. The number of hydrogen-bond donors (Lipinski definition) is 2. The fourth-order valence-corrected chi connectivity index (χ4v) is 2.30. The van der Waals surface area contributed by atoms with Crippen LogP contribution in [0.15, 0.2) is 65.1 Å². The summed E-state index contributed by atoms with van der Waals surface area (Å²) < 4.78 is 23.8. The molecule has 0 bridgehead atoms. The molecule has 7 heteroatoms. The maximum atomic E-state index is 12.9. The molecule has 0 unspecified atom stereocenters. The van der Waals surface area contributed by atoms with E-state index in [4.69, 9.17) is 9.15 Å². The highest BCUT2D eigenvalue weighted by Gasteiger charge is 2.12. The van der Waals surface area contributed by atoms with Crippen LogP contribution in [0.25, 0.3) is 0 Å². The molecule has 0 saturated heterocycles. The van der Waals surface area contributed by atoms with Crippen molar-refractivity contribution in [2.45, 2.75) is 13.5 Å². The smallest absolute Gasteiger partial charge is 0.291 e. The first-order chi connectivity index (χ1) is 13.0. The third-order valence-corrected chi connectivity index (χ3v) is 3.54. The van der Waals surface area contributed by atoms with Gasteiger partial charge in [0, 0.05) is 18.3 Å². The number of furan rings is 1. The highest BCUT2D eigenvalue weighted by atomic mass is 19.1. The molecule has 3 aromatic rings. The Morgan fingerprint density at radius 3 is 2.19 bits per heavy atom. The van der Waals surface area contributed by atoms with Crippen LogP contribution in [0.5, 0.6) is 5.75 Å². The Hall–Kier alpha value is -3.61. The Bertz CT molecular complexity index is 933. The van der Waals surface area contributed by atoms with E-state index >= 15 is 0 Å². The van der Waals surface area contributed by atoms with Crippen molar-refractivity contribution in [2.24, 2.45) is 0 Å². The molecular weight excluding hydrogens is 351 g/mol. The van der Waals surface area contributed by atoms with Crippen LogP contribution in [0, 0.1) is 5.82 Å². The van der Waals surface area contributed by atoms with Gasteiger partial charge in [-0.2, -0.15) is 0 Å². The maximum absolute atomic E-state index is 12.9. The van der Waals surface area contributed by atoms with Gasteiger partial charge >= 0.3 is 0 Å². The summed E-state index contributed by atoms with van der Waals surface area (Å²) in [5.74, 6) is 0.180. The Morgan fingerprint density at radius 2 is 1.56 bits per heavy atom. The van der Waals surface area contributed by atoms with E-state index in [0.717, 1.165) is 0 Å². The predicted octanol–water partition coefficient (Wildman–Crippen LogP) is 4.21. The third-order valence-electron chi connectivity index (χ3n) is 3.54. The molecule has 0 aliphatic heterocycles. The monoisotopic (exact) mass is 368 g/mol. The molecule has 0 aliphatic carbocycles. The molecule has 27 heavy (non-hydrogen) atoms. The molecule has 138 valence electrons. The van der Waals surface area contributed by atoms with Crippen LogP contribution in [-0.2, 0) is 11.4 Å². The summed E-state index contributed by atoms with van der Waals surface area (Å²) in [6, 6.07) is 15.5.